The van der Waals surface area contributed by atoms with Gasteiger partial charge in [-0.25, -0.2) is 0 Å². The van der Waals surface area contributed by atoms with E-state index in [1.807, 2.05) is 0 Å². The van der Waals surface area contributed by atoms with Gasteiger partial charge in [0.2, 0.25) is 0 Å². The third kappa shape index (κ3) is 5.02. The van der Waals surface area contributed by atoms with Crippen molar-refractivity contribution in [1.29, 1.82) is 0 Å². The van der Waals surface area contributed by atoms with E-state index in [0.29, 0.717) is 12.0 Å². The van der Waals surface area contributed by atoms with Gasteiger partial charge in [-0.2, -0.15) is 0 Å². The quantitative estimate of drug-likeness (QED) is 0.697. The van der Waals surface area contributed by atoms with Gasteiger partial charge in [-0.05, 0) is 26.4 Å². The van der Waals surface area contributed by atoms with Gasteiger partial charge in [-0.15, -0.1) is 0 Å². The number of hydrogen-bond acceptors (Lipinski definition) is 4. The molecule has 1 atom stereocenters. The molecule has 0 fully saturated rings. The van der Waals surface area contributed by atoms with Crippen molar-refractivity contribution in [2.45, 2.75) is 26.3 Å². The molecule has 15 heavy (non-hydrogen) atoms. The second-order valence-corrected chi connectivity index (χ2v) is 4.89. The van der Waals surface area contributed by atoms with Gasteiger partial charge in [-0.1, -0.05) is 13.8 Å². The molecule has 0 aliphatic carbocycles. The third-order valence-corrected chi connectivity index (χ3v) is 2.36. The number of aliphatic imine (C=N–C) groups is 1. The fraction of sp³-hybridized carbons (Fsp3) is 0.909. The summed E-state index contributed by atoms with van der Waals surface area (Å²) in [6, 6.07) is 0.490. The van der Waals surface area contributed by atoms with Gasteiger partial charge in [0, 0.05) is 19.1 Å². The van der Waals surface area contributed by atoms with E-state index in [4.69, 9.17) is 0 Å². The van der Waals surface area contributed by atoms with Crippen LogP contribution in [0.2, 0.25) is 0 Å². The molecule has 1 aliphatic heterocycles. The van der Waals surface area contributed by atoms with Crippen molar-refractivity contribution < 1.29 is 0 Å². The zero-order valence-corrected chi connectivity index (χ0v) is 10.4. The predicted octanol–water partition coefficient (Wildman–Crippen LogP) is 0.512. The van der Waals surface area contributed by atoms with Crippen LogP contribution in [0.4, 0.5) is 0 Å². The highest BCUT2D eigenvalue weighted by Gasteiger charge is 2.15. The molecule has 0 aromatic heterocycles. The molecule has 0 bridgehead atoms. The number of rotatable bonds is 5. The average molecular weight is 212 g/mol. The Kier molecular flexibility index (Phi) is 4.88. The van der Waals surface area contributed by atoms with Crippen molar-refractivity contribution in [2.75, 3.05) is 33.7 Å². The Morgan fingerprint density at radius 2 is 2.20 bits per heavy atom. The Morgan fingerprint density at radius 1 is 1.47 bits per heavy atom. The zero-order chi connectivity index (χ0) is 11.3. The molecule has 0 amide bonds. The number of hydrogen-bond donors (Lipinski definition) is 2. The Balaban J connectivity index is 2.40. The SMILES string of the molecule is CC(C)CC(CN(C)C)NC1=NCCN1. The molecule has 1 aliphatic rings. The maximum atomic E-state index is 4.37. The minimum atomic E-state index is 0.490. The number of nitrogens with one attached hydrogen (secondary N) is 2. The lowest BCUT2D eigenvalue weighted by Gasteiger charge is -2.24. The first kappa shape index (κ1) is 12.3. The largest absolute Gasteiger partial charge is 0.355 e. The normalized spacial score (nSPS) is 17.9. The molecule has 0 aromatic rings. The van der Waals surface area contributed by atoms with Crippen LogP contribution >= 0.6 is 0 Å². The van der Waals surface area contributed by atoms with Gasteiger partial charge in [0.15, 0.2) is 5.96 Å². The molecule has 0 saturated heterocycles. The second-order valence-electron chi connectivity index (χ2n) is 4.89. The van der Waals surface area contributed by atoms with Crippen LogP contribution in [0.3, 0.4) is 0 Å². The van der Waals surface area contributed by atoms with Crippen LogP contribution < -0.4 is 10.6 Å². The fourth-order valence-corrected chi connectivity index (χ4v) is 1.88. The summed E-state index contributed by atoms with van der Waals surface area (Å²) < 4.78 is 0. The van der Waals surface area contributed by atoms with E-state index in [-0.39, 0.29) is 0 Å². The summed E-state index contributed by atoms with van der Waals surface area (Å²) in [7, 11) is 4.22. The molecule has 2 N–H and O–H groups in total. The fourth-order valence-electron chi connectivity index (χ4n) is 1.88. The van der Waals surface area contributed by atoms with E-state index in [1.54, 1.807) is 0 Å². The second kappa shape index (κ2) is 5.95. The minimum Gasteiger partial charge on any atom is -0.355 e. The first-order valence-electron chi connectivity index (χ1n) is 5.77. The smallest absolute Gasteiger partial charge is 0.191 e. The Bertz CT molecular complexity index is 201. The third-order valence-electron chi connectivity index (χ3n) is 2.36. The van der Waals surface area contributed by atoms with Crippen LogP contribution in [-0.4, -0.2) is 50.6 Å². The van der Waals surface area contributed by atoms with Crippen LogP contribution in [0.5, 0.6) is 0 Å². The molecule has 0 aromatic carbocycles. The molecule has 4 heteroatoms. The monoisotopic (exact) mass is 212 g/mol. The highest BCUT2D eigenvalue weighted by Crippen LogP contribution is 2.05. The first-order chi connectivity index (χ1) is 7.08. The van der Waals surface area contributed by atoms with Gasteiger partial charge in [-0.3, -0.25) is 4.99 Å². The highest BCUT2D eigenvalue weighted by molar-refractivity contribution is 5.81. The first-order valence-corrected chi connectivity index (χ1v) is 5.77. The van der Waals surface area contributed by atoms with Gasteiger partial charge >= 0.3 is 0 Å². The van der Waals surface area contributed by atoms with Crippen molar-refractivity contribution in [3.8, 4) is 0 Å². The maximum Gasteiger partial charge on any atom is 0.191 e. The van der Waals surface area contributed by atoms with Gasteiger partial charge < -0.3 is 15.5 Å². The number of guanidine groups is 1. The van der Waals surface area contributed by atoms with Crippen molar-refractivity contribution in [3.05, 3.63) is 0 Å². The average Bonchev–Trinajstić information content (AvgIpc) is 2.53. The molecular weight excluding hydrogens is 188 g/mol. The molecule has 4 nitrogen and oxygen atoms in total. The van der Waals surface area contributed by atoms with Crippen LogP contribution in [-0.2, 0) is 0 Å². The maximum absolute atomic E-state index is 4.37. The molecular formula is C11H24N4. The van der Waals surface area contributed by atoms with Crippen LogP contribution in [0.15, 0.2) is 4.99 Å². The van der Waals surface area contributed by atoms with E-state index in [9.17, 15) is 0 Å². The number of likely N-dealkylation sites (N-methyl/N-ethyl adjacent to an activating group) is 1. The van der Waals surface area contributed by atoms with Crippen LogP contribution in [0.25, 0.3) is 0 Å². The van der Waals surface area contributed by atoms with E-state index in [1.165, 1.54) is 6.42 Å². The van der Waals surface area contributed by atoms with E-state index in [2.05, 4.69) is 48.5 Å². The van der Waals surface area contributed by atoms with Crippen molar-refractivity contribution in [2.24, 2.45) is 10.9 Å². The predicted molar refractivity (Wildman–Crippen MR) is 65.2 cm³/mol. The standard InChI is InChI=1S/C11H24N4/c1-9(2)7-10(8-15(3)4)14-11-12-5-6-13-11/h9-10H,5-8H2,1-4H3,(H2,12,13,14). The number of nitrogens with zero attached hydrogens (tertiary/aromatic N) is 2. The van der Waals surface area contributed by atoms with Crippen LogP contribution in [0, 0.1) is 5.92 Å². The Labute approximate surface area is 93.1 Å². The lowest BCUT2D eigenvalue weighted by Crippen LogP contribution is -2.46. The molecule has 0 radical (unpaired) electrons. The Morgan fingerprint density at radius 3 is 2.67 bits per heavy atom. The summed E-state index contributed by atoms with van der Waals surface area (Å²) in [5.41, 5.74) is 0. The topological polar surface area (TPSA) is 39.7 Å². The molecule has 0 saturated carbocycles. The lowest BCUT2D eigenvalue weighted by atomic mass is 10.0. The van der Waals surface area contributed by atoms with Gasteiger partial charge in [0.25, 0.3) is 0 Å². The lowest BCUT2D eigenvalue weighted by molar-refractivity contribution is 0.327. The summed E-state index contributed by atoms with van der Waals surface area (Å²) in [5, 5.41) is 6.73. The Hall–Kier alpha value is -0.770. The van der Waals surface area contributed by atoms with Crippen molar-refractivity contribution in [1.82, 2.24) is 15.5 Å². The summed E-state index contributed by atoms with van der Waals surface area (Å²) in [6.07, 6.45) is 1.18. The van der Waals surface area contributed by atoms with E-state index in [0.717, 1.165) is 25.6 Å². The minimum absolute atomic E-state index is 0.490. The molecule has 0 spiro atoms. The van der Waals surface area contributed by atoms with Gasteiger partial charge in [0.1, 0.15) is 0 Å². The van der Waals surface area contributed by atoms with E-state index >= 15 is 0 Å². The molecule has 1 heterocycles. The summed E-state index contributed by atoms with van der Waals surface area (Å²) >= 11 is 0. The zero-order valence-electron chi connectivity index (χ0n) is 10.4. The van der Waals surface area contributed by atoms with Crippen LogP contribution in [0.1, 0.15) is 20.3 Å². The highest BCUT2D eigenvalue weighted by atomic mass is 15.2. The summed E-state index contributed by atoms with van der Waals surface area (Å²) in [5.74, 6) is 1.69. The summed E-state index contributed by atoms with van der Waals surface area (Å²) in [4.78, 5) is 6.58. The summed E-state index contributed by atoms with van der Waals surface area (Å²) in [6.45, 7) is 7.44. The van der Waals surface area contributed by atoms with Crippen molar-refractivity contribution >= 4 is 5.96 Å². The van der Waals surface area contributed by atoms with Gasteiger partial charge in [0.05, 0.1) is 6.54 Å². The molecule has 1 unspecified atom stereocenters. The van der Waals surface area contributed by atoms with E-state index < -0.39 is 0 Å². The molecule has 88 valence electrons. The molecule has 1 rings (SSSR count). The van der Waals surface area contributed by atoms with Crippen molar-refractivity contribution in [3.63, 3.8) is 0 Å².